The fourth-order valence-corrected chi connectivity index (χ4v) is 2.81. The van der Waals surface area contributed by atoms with Crippen LogP contribution in [0.2, 0.25) is 0 Å². The van der Waals surface area contributed by atoms with Crippen LogP contribution in [0.3, 0.4) is 0 Å². The smallest absolute Gasteiger partial charge is 0.208 e. The van der Waals surface area contributed by atoms with Crippen molar-refractivity contribution >= 4 is 44.2 Å². The molecule has 0 N–H and O–H groups in total. The van der Waals surface area contributed by atoms with E-state index in [9.17, 15) is 0 Å². The van der Waals surface area contributed by atoms with Gasteiger partial charge in [-0.25, -0.2) is 0 Å². The molecule has 0 unspecified atom stereocenters. The summed E-state index contributed by atoms with van der Waals surface area (Å²) < 4.78 is 1.12. The van der Waals surface area contributed by atoms with Crippen molar-refractivity contribution in [2.24, 2.45) is 4.99 Å². The van der Waals surface area contributed by atoms with Gasteiger partial charge in [0.25, 0.3) is 0 Å². The Balaban J connectivity index is 2.66. The quantitative estimate of drug-likeness (QED) is 0.479. The van der Waals surface area contributed by atoms with Crippen LogP contribution in [-0.4, -0.2) is 23.4 Å². The number of halogens is 1. The van der Waals surface area contributed by atoms with Crippen LogP contribution < -0.4 is 0 Å². The minimum Gasteiger partial charge on any atom is -0.349 e. The van der Waals surface area contributed by atoms with Crippen LogP contribution in [0.1, 0.15) is 5.56 Å². The second-order valence-electron chi connectivity index (χ2n) is 2.81. The maximum absolute atomic E-state index is 8.50. The maximum atomic E-state index is 8.50. The van der Waals surface area contributed by atoms with E-state index in [0.717, 1.165) is 15.5 Å². The lowest BCUT2D eigenvalue weighted by molar-refractivity contribution is 0.512. The van der Waals surface area contributed by atoms with Crippen LogP contribution in [0.15, 0.2) is 20.2 Å². The van der Waals surface area contributed by atoms with Crippen molar-refractivity contribution in [3.8, 4) is 6.19 Å². The number of nitrogens with zero attached hydrogens (tertiary/aromatic N) is 3. The predicted octanol–water partition coefficient (Wildman–Crippen LogP) is 3.14. The summed E-state index contributed by atoms with van der Waals surface area (Å²) in [6, 6.07) is 2.07. The fraction of sp³-hybridized carbons (Fsp3) is 0.333. The highest BCUT2D eigenvalue weighted by Crippen LogP contribution is 2.22. The van der Waals surface area contributed by atoms with Gasteiger partial charge in [0.15, 0.2) is 5.17 Å². The molecule has 0 fully saturated rings. The topological polar surface area (TPSA) is 39.4 Å². The van der Waals surface area contributed by atoms with Crippen molar-refractivity contribution < 1.29 is 0 Å². The highest BCUT2D eigenvalue weighted by atomic mass is 79.9. The molecule has 0 amide bonds. The van der Waals surface area contributed by atoms with E-state index < -0.39 is 0 Å². The van der Waals surface area contributed by atoms with Crippen LogP contribution in [-0.2, 0) is 6.54 Å². The van der Waals surface area contributed by atoms with E-state index >= 15 is 0 Å². The van der Waals surface area contributed by atoms with Gasteiger partial charge >= 0.3 is 0 Å². The fourth-order valence-electron chi connectivity index (χ4n) is 1.10. The van der Waals surface area contributed by atoms with Crippen LogP contribution in [0.5, 0.6) is 0 Å². The summed E-state index contributed by atoms with van der Waals surface area (Å²) in [5.41, 5.74) is 1.22. The molecule has 0 atom stereocenters. The Morgan fingerprint density at radius 3 is 3.00 bits per heavy atom. The Hall–Kier alpha value is -0.510. The number of thiophene rings is 1. The molecule has 1 rings (SSSR count). The van der Waals surface area contributed by atoms with E-state index in [1.807, 2.05) is 24.4 Å². The molecule has 1 aromatic rings. The van der Waals surface area contributed by atoms with E-state index in [2.05, 4.69) is 32.4 Å². The predicted molar refractivity (Wildman–Crippen MR) is 70.0 cm³/mol. The molecule has 0 spiro atoms. The second kappa shape index (κ2) is 6.16. The number of hydrogen-bond acceptors (Lipinski definition) is 4. The first-order chi connectivity index (χ1) is 7.17. The molecule has 0 radical (unpaired) electrons. The first-order valence-corrected chi connectivity index (χ1v) is 7.02. The molecule has 0 aromatic carbocycles. The van der Waals surface area contributed by atoms with Gasteiger partial charge in [-0.3, -0.25) is 0 Å². The zero-order chi connectivity index (χ0) is 11.3. The first-order valence-electron chi connectivity index (χ1n) is 4.12. The zero-order valence-electron chi connectivity index (χ0n) is 8.40. The van der Waals surface area contributed by atoms with Crippen LogP contribution in [0, 0.1) is 11.5 Å². The third-order valence-electron chi connectivity index (χ3n) is 1.70. The van der Waals surface area contributed by atoms with E-state index in [0.29, 0.717) is 0 Å². The van der Waals surface area contributed by atoms with E-state index in [4.69, 9.17) is 5.26 Å². The molecule has 1 heterocycles. The number of aliphatic imine (C=N–C) groups is 1. The Morgan fingerprint density at radius 1 is 1.80 bits per heavy atom. The lowest BCUT2D eigenvalue weighted by Crippen LogP contribution is -2.22. The molecule has 0 aliphatic heterocycles. The summed E-state index contributed by atoms with van der Waals surface area (Å²) in [6.07, 6.45) is 3.72. The normalized spacial score (nSPS) is 11.2. The van der Waals surface area contributed by atoms with Gasteiger partial charge in [0.2, 0.25) is 6.19 Å². The molecule has 15 heavy (non-hydrogen) atoms. The number of thioether (sulfide) groups is 1. The largest absolute Gasteiger partial charge is 0.349 e. The van der Waals surface area contributed by atoms with Gasteiger partial charge in [-0.2, -0.15) is 5.26 Å². The summed E-state index contributed by atoms with van der Waals surface area (Å²) in [6.45, 7) is 0.767. The summed E-state index contributed by atoms with van der Waals surface area (Å²) in [7, 11) is 1.93. The lowest BCUT2D eigenvalue weighted by atomic mass is 10.3. The molecule has 0 bridgehead atoms. The van der Waals surface area contributed by atoms with Gasteiger partial charge < -0.3 is 4.90 Å². The third kappa shape index (κ3) is 3.86. The number of amidine groups is 1. The van der Waals surface area contributed by atoms with Gasteiger partial charge in [-0.05, 0) is 39.2 Å². The minimum atomic E-state index is 0.736. The van der Waals surface area contributed by atoms with Crippen molar-refractivity contribution in [1.29, 1.82) is 5.26 Å². The number of rotatable bonds is 2. The molecular formula is C9H10BrN3S2. The average molecular weight is 304 g/mol. The van der Waals surface area contributed by atoms with Crippen molar-refractivity contribution in [3.05, 3.63) is 20.8 Å². The Morgan fingerprint density at radius 2 is 2.53 bits per heavy atom. The highest BCUT2D eigenvalue weighted by molar-refractivity contribution is 9.11. The third-order valence-corrected chi connectivity index (χ3v) is 4.02. The monoisotopic (exact) mass is 303 g/mol. The van der Waals surface area contributed by atoms with Crippen molar-refractivity contribution in [1.82, 2.24) is 4.90 Å². The standard InChI is InChI=1S/C9H10BrN3S2/c1-13(9(14-2)12-6-11)4-7-3-8(10)15-5-7/h3,5H,4H2,1-2H3. The van der Waals surface area contributed by atoms with Crippen molar-refractivity contribution in [2.75, 3.05) is 13.3 Å². The number of hydrogen-bond donors (Lipinski definition) is 0. The summed E-state index contributed by atoms with van der Waals surface area (Å²) in [5.74, 6) is 0. The average Bonchev–Trinajstić information content (AvgIpc) is 2.60. The molecule has 1 aromatic heterocycles. The summed E-state index contributed by atoms with van der Waals surface area (Å²) in [5, 5.41) is 11.3. The molecule has 6 heteroatoms. The summed E-state index contributed by atoms with van der Waals surface area (Å²) in [4.78, 5) is 5.71. The zero-order valence-corrected chi connectivity index (χ0v) is 11.6. The Bertz CT molecular complexity index is 394. The Labute approximate surface area is 106 Å². The highest BCUT2D eigenvalue weighted by Gasteiger charge is 2.07. The van der Waals surface area contributed by atoms with Crippen molar-refractivity contribution in [2.45, 2.75) is 6.54 Å². The van der Waals surface area contributed by atoms with Gasteiger partial charge in [0.05, 0.1) is 3.79 Å². The van der Waals surface area contributed by atoms with Gasteiger partial charge in [0, 0.05) is 13.6 Å². The van der Waals surface area contributed by atoms with Crippen LogP contribution >= 0.6 is 39.0 Å². The van der Waals surface area contributed by atoms with Crippen molar-refractivity contribution in [3.63, 3.8) is 0 Å². The minimum absolute atomic E-state index is 0.736. The van der Waals surface area contributed by atoms with Crippen LogP contribution in [0.4, 0.5) is 0 Å². The molecule has 0 saturated carbocycles. The SMILES string of the molecule is CSC(=NC#N)N(C)Cc1csc(Br)c1. The first kappa shape index (κ1) is 12.6. The van der Waals surface area contributed by atoms with E-state index in [-0.39, 0.29) is 0 Å². The molecule has 0 aliphatic carbocycles. The maximum Gasteiger partial charge on any atom is 0.208 e. The second-order valence-corrected chi connectivity index (χ2v) is 5.88. The van der Waals surface area contributed by atoms with Gasteiger partial charge in [-0.1, -0.05) is 11.8 Å². The molecule has 0 saturated heterocycles. The molecular weight excluding hydrogens is 294 g/mol. The van der Waals surface area contributed by atoms with E-state index in [1.165, 1.54) is 17.3 Å². The lowest BCUT2D eigenvalue weighted by Gasteiger charge is -2.17. The van der Waals surface area contributed by atoms with Crippen LogP contribution in [0.25, 0.3) is 0 Å². The molecule has 3 nitrogen and oxygen atoms in total. The number of nitriles is 1. The molecule has 0 aliphatic rings. The van der Waals surface area contributed by atoms with E-state index in [1.54, 1.807) is 11.3 Å². The summed E-state index contributed by atoms with van der Waals surface area (Å²) >= 11 is 6.55. The van der Waals surface area contributed by atoms with Gasteiger partial charge in [-0.15, -0.1) is 16.3 Å². The Kier molecular flexibility index (Phi) is 5.15. The van der Waals surface area contributed by atoms with Gasteiger partial charge in [0.1, 0.15) is 0 Å². The molecule has 80 valence electrons.